The SMILES string of the molecule is CC(C)N1CC=C[C@]23O[C@@]4(C)C=CCCOC(=O)[C@H]4[C@H]2C(=O)N(CCCCCCO)C3C1=O. The van der Waals surface area contributed by atoms with E-state index in [4.69, 9.17) is 14.6 Å². The second-order valence-electron chi connectivity index (χ2n) is 10.0. The van der Waals surface area contributed by atoms with E-state index in [-0.39, 0.29) is 31.1 Å². The fourth-order valence-electron chi connectivity index (χ4n) is 5.96. The van der Waals surface area contributed by atoms with Gasteiger partial charge in [-0.25, -0.2) is 0 Å². The summed E-state index contributed by atoms with van der Waals surface area (Å²) in [6.45, 7) is 7.00. The van der Waals surface area contributed by atoms with Gasteiger partial charge in [-0.2, -0.15) is 0 Å². The van der Waals surface area contributed by atoms with Crippen molar-refractivity contribution in [2.24, 2.45) is 11.8 Å². The molecule has 5 atom stereocenters. The fourth-order valence-corrected chi connectivity index (χ4v) is 5.96. The molecule has 8 nitrogen and oxygen atoms in total. The van der Waals surface area contributed by atoms with Crippen LogP contribution in [-0.2, 0) is 23.9 Å². The largest absolute Gasteiger partial charge is 0.465 e. The Hall–Kier alpha value is -2.19. The number of cyclic esters (lactones) is 1. The molecule has 2 amide bonds. The summed E-state index contributed by atoms with van der Waals surface area (Å²) < 4.78 is 12.2. The maximum absolute atomic E-state index is 13.9. The molecule has 4 aliphatic rings. The highest BCUT2D eigenvalue weighted by atomic mass is 16.6. The third-order valence-corrected chi connectivity index (χ3v) is 7.48. The van der Waals surface area contributed by atoms with Crippen molar-refractivity contribution in [1.82, 2.24) is 9.80 Å². The minimum Gasteiger partial charge on any atom is -0.465 e. The number of hydrogen-bond donors (Lipinski definition) is 1. The lowest BCUT2D eigenvalue weighted by molar-refractivity contribution is -0.160. The molecule has 182 valence electrons. The Labute approximate surface area is 195 Å². The van der Waals surface area contributed by atoms with Crippen LogP contribution in [0.1, 0.15) is 52.9 Å². The molecule has 0 aliphatic carbocycles. The highest BCUT2D eigenvalue weighted by molar-refractivity contribution is 5.99. The predicted molar refractivity (Wildman–Crippen MR) is 121 cm³/mol. The maximum atomic E-state index is 13.9. The molecule has 0 radical (unpaired) electrons. The average molecular weight is 461 g/mol. The molecule has 2 fully saturated rings. The standard InChI is InChI=1S/C25H36N2O6/c1-17(2)26-14-10-12-25-18(19-23(31)32-16-9-6-11-24(19,3)33-25)21(29)27(20(25)22(26)30)13-7-4-5-8-15-28/h6,10-12,17-20,28H,4-5,7-9,13-16H2,1-3H3/t18-,19+,20?,24-,25-/m0/s1. The Kier molecular flexibility index (Phi) is 6.69. The molecule has 4 aliphatic heterocycles. The lowest BCUT2D eigenvalue weighted by Crippen LogP contribution is -2.57. The summed E-state index contributed by atoms with van der Waals surface area (Å²) in [5.74, 6) is -2.42. The minimum atomic E-state index is -1.21. The van der Waals surface area contributed by atoms with Crippen LogP contribution in [0.15, 0.2) is 24.3 Å². The molecule has 0 aromatic carbocycles. The van der Waals surface area contributed by atoms with Gasteiger partial charge in [-0.3, -0.25) is 14.4 Å². The van der Waals surface area contributed by atoms with E-state index in [2.05, 4.69) is 0 Å². The molecule has 33 heavy (non-hydrogen) atoms. The van der Waals surface area contributed by atoms with Gasteiger partial charge in [0.1, 0.15) is 17.6 Å². The molecule has 0 aromatic heterocycles. The molecule has 1 N–H and O–H groups in total. The number of aliphatic hydroxyl groups excluding tert-OH is 1. The lowest BCUT2D eigenvalue weighted by atomic mass is 9.74. The van der Waals surface area contributed by atoms with Gasteiger partial charge in [0.25, 0.3) is 0 Å². The van der Waals surface area contributed by atoms with E-state index in [0.717, 1.165) is 19.3 Å². The van der Waals surface area contributed by atoms with E-state index < -0.39 is 35.0 Å². The molecule has 0 aromatic rings. The number of rotatable bonds is 7. The second-order valence-corrected chi connectivity index (χ2v) is 10.0. The maximum Gasteiger partial charge on any atom is 0.313 e. The normalized spacial score (nSPS) is 35.8. The van der Waals surface area contributed by atoms with Gasteiger partial charge in [-0.05, 0) is 40.0 Å². The summed E-state index contributed by atoms with van der Waals surface area (Å²) in [7, 11) is 0. The predicted octanol–water partition coefficient (Wildman–Crippen LogP) is 1.82. The van der Waals surface area contributed by atoms with Crippen molar-refractivity contribution >= 4 is 17.8 Å². The zero-order valence-corrected chi connectivity index (χ0v) is 19.9. The third-order valence-electron chi connectivity index (χ3n) is 7.48. The molecule has 8 heteroatoms. The van der Waals surface area contributed by atoms with Gasteiger partial charge in [0.05, 0.1) is 18.1 Å². The summed E-state index contributed by atoms with van der Waals surface area (Å²) in [6.07, 6.45) is 11.3. The molecule has 4 rings (SSSR count). The summed E-state index contributed by atoms with van der Waals surface area (Å²) >= 11 is 0. The Balaban J connectivity index is 1.75. The fraction of sp³-hybridized carbons (Fsp3) is 0.720. The van der Waals surface area contributed by atoms with Crippen molar-refractivity contribution in [2.75, 3.05) is 26.3 Å². The van der Waals surface area contributed by atoms with Crippen molar-refractivity contribution < 1.29 is 29.0 Å². The van der Waals surface area contributed by atoms with Crippen LogP contribution in [-0.4, -0.2) is 82.3 Å². The van der Waals surface area contributed by atoms with Crippen LogP contribution in [0.4, 0.5) is 0 Å². The first-order chi connectivity index (χ1) is 15.8. The zero-order chi connectivity index (χ0) is 23.8. The average Bonchev–Trinajstić information content (AvgIpc) is 3.06. The van der Waals surface area contributed by atoms with E-state index >= 15 is 0 Å². The number of hydrogen-bond acceptors (Lipinski definition) is 6. The van der Waals surface area contributed by atoms with E-state index in [1.807, 2.05) is 45.1 Å². The van der Waals surface area contributed by atoms with Crippen LogP contribution in [0.3, 0.4) is 0 Å². The third kappa shape index (κ3) is 3.91. The zero-order valence-electron chi connectivity index (χ0n) is 19.9. The molecule has 1 spiro atoms. The first-order valence-corrected chi connectivity index (χ1v) is 12.2. The highest BCUT2D eigenvalue weighted by Gasteiger charge is 2.74. The van der Waals surface area contributed by atoms with Gasteiger partial charge < -0.3 is 24.4 Å². The molecule has 0 saturated carbocycles. The van der Waals surface area contributed by atoms with Crippen LogP contribution in [0.5, 0.6) is 0 Å². The van der Waals surface area contributed by atoms with Gasteiger partial charge in [-0.15, -0.1) is 0 Å². The topological polar surface area (TPSA) is 96.4 Å². The van der Waals surface area contributed by atoms with Crippen molar-refractivity contribution in [1.29, 1.82) is 0 Å². The number of aliphatic hydroxyl groups is 1. The van der Waals surface area contributed by atoms with Crippen LogP contribution in [0.2, 0.25) is 0 Å². The number of ether oxygens (including phenoxy) is 2. The number of nitrogens with zero attached hydrogens (tertiary/aromatic N) is 2. The first-order valence-electron chi connectivity index (χ1n) is 12.2. The number of carbonyl (C=O) groups is 3. The summed E-state index contributed by atoms with van der Waals surface area (Å²) in [4.78, 5) is 44.3. The van der Waals surface area contributed by atoms with Crippen molar-refractivity contribution in [3.8, 4) is 0 Å². The lowest BCUT2D eigenvalue weighted by Gasteiger charge is -2.38. The second kappa shape index (κ2) is 9.22. The van der Waals surface area contributed by atoms with Crippen molar-refractivity contribution in [3.63, 3.8) is 0 Å². The Bertz CT molecular complexity index is 854. The van der Waals surface area contributed by atoms with Gasteiger partial charge in [0.15, 0.2) is 0 Å². The summed E-state index contributed by atoms with van der Waals surface area (Å²) in [6, 6.07) is -0.853. The van der Waals surface area contributed by atoms with E-state index in [0.29, 0.717) is 25.9 Å². The van der Waals surface area contributed by atoms with Gasteiger partial charge in [-0.1, -0.05) is 37.1 Å². The number of esters is 1. The molecular formula is C25H36N2O6. The van der Waals surface area contributed by atoms with Gasteiger partial charge in [0, 0.05) is 25.7 Å². The Morgan fingerprint density at radius 3 is 2.55 bits per heavy atom. The summed E-state index contributed by atoms with van der Waals surface area (Å²) in [5, 5.41) is 9.04. The van der Waals surface area contributed by atoms with Gasteiger partial charge >= 0.3 is 5.97 Å². The van der Waals surface area contributed by atoms with Crippen LogP contribution in [0.25, 0.3) is 0 Å². The molecule has 4 heterocycles. The number of unbranched alkanes of at least 4 members (excludes halogenated alkanes) is 3. The molecule has 1 unspecified atom stereocenters. The number of amides is 2. The van der Waals surface area contributed by atoms with Crippen molar-refractivity contribution in [2.45, 2.75) is 76.2 Å². The van der Waals surface area contributed by atoms with E-state index in [1.165, 1.54) is 0 Å². The van der Waals surface area contributed by atoms with Crippen LogP contribution in [0, 0.1) is 11.8 Å². The smallest absolute Gasteiger partial charge is 0.313 e. The molecule has 2 saturated heterocycles. The van der Waals surface area contributed by atoms with E-state index in [1.54, 1.807) is 9.80 Å². The first kappa shape index (κ1) is 24.0. The number of carbonyl (C=O) groups excluding carboxylic acids is 3. The quantitative estimate of drug-likeness (QED) is 0.354. The van der Waals surface area contributed by atoms with Crippen LogP contribution < -0.4 is 0 Å². The number of fused-ring (bicyclic) bond motifs is 2. The van der Waals surface area contributed by atoms with Crippen LogP contribution >= 0.6 is 0 Å². The molecular weight excluding hydrogens is 424 g/mol. The Morgan fingerprint density at radius 2 is 1.82 bits per heavy atom. The Morgan fingerprint density at radius 1 is 1.06 bits per heavy atom. The highest BCUT2D eigenvalue weighted by Crippen LogP contribution is 2.57. The number of likely N-dealkylation sites (tertiary alicyclic amines) is 1. The molecule has 0 bridgehead atoms. The van der Waals surface area contributed by atoms with Crippen molar-refractivity contribution in [3.05, 3.63) is 24.3 Å². The summed E-state index contributed by atoms with van der Waals surface area (Å²) in [5.41, 5.74) is -2.24. The minimum absolute atomic E-state index is 0.0339. The van der Waals surface area contributed by atoms with Gasteiger partial charge in [0.2, 0.25) is 11.8 Å². The monoisotopic (exact) mass is 460 g/mol. The van der Waals surface area contributed by atoms with E-state index in [9.17, 15) is 14.4 Å².